The van der Waals surface area contributed by atoms with Crippen molar-refractivity contribution in [2.75, 3.05) is 13.2 Å². The minimum atomic E-state index is -0.668. The first-order valence-corrected chi connectivity index (χ1v) is 28.8. The second-order valence-corrected chi connectivity index (χ2v) is 20.0. The molecule has 0 saturated heterocycles. The number of unbranched alkanes of at least 4 members (excludes halogenated alkanes) is 43. The van der Waals surface area contributed by atoms with Crippen LogP contribution in [0.3, 0.4) is 0 Å². The summed E-state index contributed by atoms with van der Waals surface area (Å²) in [6.45, 7) is 4.96. The van der Waals surface area contributed by atoms with Crippen molar-refractivity contribution in [3.8, 4) is 0 Å². The molecule has 0 radical (unpaired) electrons. The lowest BCUT2D eigenvalue weighted by Crippen LogP contribution is -2.45. The number of carbonyl (C=O) groups is 2. The number of carbonyl (C=O) groups excluding carboxylic acids is 2. The third-order valence-corrected chi connectivity index (χ3v) is 13.7. The molecule has 6 heteroatoms. The molecule has 0 aromatic rings. The molecular formula is C57H113NO5. The van der Waals surface area contributed by atoms with Crippen molar-refractivity contribution in [3.63, 3.8) is 0 Å². The highest BCUT2D eigenvalue weighted by molar-refractivity contribution is 5.76. The van der Waals surface area contributed by atoms with E-state index in [1.807, 2.05) is 0 Å². The molecule has 0 aliphatic heterocycles. The summed E-state index contributed by atoms with van der Waals surface area (Å²) in [4.78, 5) is 24.5. The molecule has 0 spiro atoms. The van der Waals surface area contributed by atoms with Crippen molar-refractivity contribution in [2.24, 2.45) is 0 Å². The molecule has 0 aromatic heterocycles. The second-order valence-electron chi connectivity index (χ2n) is 20.0. The van der Waals surface area contributed by atoms with Crippen LogP contribution in [0.1, 0.15) is 328 Å². The number of aliphatic hydroxyl groups excluding tert-OH is 2. The van der Waals surface area contributed by atoms with Crippen LogP contribution in [0.2, 0.25) is 0 Å². The van der Waals surface area contributed by atoms with E-state index < -0.39 is 12.1 Å². The standard InChI is InChI=1S/C57H113NO5/c1-3-5-7-9-11-13-15-17-19-23-27-31-35-39-43-47-51-57(62)63-52-48-44-40-36-32-28-24-20-22-26-30-34-38-42-46-50-56(61)58-54(53-59)55(60)49-45-41-37-33-29-25-21-18-16-14-12-10-8-6-4-2/h54-55,59-60H,3-53H2,1-2H3,(H,58,61). The summed E-state index contributed by atoms with van der Waals surface area (Å²) in [6, 6.07) is -0.546. The van der Waals surface area contributed by atoms with Crippen LogP contribution in [0, 0.1) is 0 Å². The maximum absolute atomic E-state index is 12.5. The number of aliphatic hydroxyl groups is 2. The summed E-state index contributed by atoms with van der Waals surface area (Å²) in [7, 11) is 0. The van der Waals surface area contributed by atoms with Crippen molar-refractivity contribution >= 4 is 11.9 Å². The van der Waals surface area contributed by atoms with E-state index >= 15 is 0 Å². The van der Waals surface area contributed by atoms with Gasteiger partial charge in [-0.2, -0.15) is 0 Å². The molecular weight excluding hydrogens is 779 g/mol. The molecule has 6 nitrogen and oxygen atoms in total. The zero-order valence-electron chi connectivity index (χ0n) is 42.8. The normalized spacial score (nSPS) is 12.5. The number of amides is 1. The molecule has 2 unspecified atom stereocenters. The van der Waals surface area contributed by atoms with E-state index in [0.29, 0.717) is 25.9 Å². The van der Waals surface area contributed by atoms with Gasteiger partial charge < -0.3 is 20.3 Å². The van der Waals surface area contributed by atoms with E-state index in [9.17, 15) is 19.8 Å². The van der Waals surface area contributed by atoms with E-state index in [1.165, 1.54) is 250 Å². The number of hydrogen-bond acceptors (Lipinski definition) is 5. The average molecular weight is 893 g/mol. The molecule has 376 valence electrons. The lowest BCUT2D eigenvalue weighted by atomic mass is 10.0. The van der Waals surface area contributed by atoms with Gasteiger partial charge in [0, 0.05) is 12.8 Å². The molecule has 0 aliphatic rings. The van der Waals surface area contributed by atoms with E-state index in [4.69, 9.17) is 4.74 Å². The minimum absolute atomic E-state index is 0.00510. The Bertz CT molecular complexity index is 898. The van der Waals surface area contributed by atoms with Crippen molar-refractivity contribution in [2.45, 2.75) is 341 Å². The molecule has 0 rings (SSSR count). The fourth-order valence-electron chi connectivity index (χ4n) is 9.23. The number of nitrogens with one attached hydrogen (secondary N) is 1. The summed E-state index contributed by atoms with van der Waals surface area (Å²) in [5.41, 5.74) is 0. The van der Waals surface area contributed by atoms with E-state index in [0.717, 1.165) is 44.9 Å². The van der Waals surface area contributed by atoms with Crippen molar-refractivity contribution in [1.29, 1.82) is 0 Å². The van der Waals surface area contributed by atoms with Gasteiger partial charge in [-0.3, -0.25) is 9.59 Å². The SMILES string of the molecule is CCCCCCCCCCCCCCCCCCC(=O)OCCCCCCCCCCCCCCCCCC(=O)NC(CO)C(O)CCCCCCCCCCCCCCCCC. The highest BCUT2D eigenvalue weighted by Gasteiger charge is 2.20. The van der Waals surface area contributed by atoms with Gasteiger partial charge in [0.15, 0.2) is 0 Å². The first kappa shape index (κ1) is 61.9. The van der Waals surface area contributed by atoms with E-state index in [-0.39, 0.29) is 18.5 Å². The number of ether oxygens (including phenoxy) is 1. The Morgan fingerprint density at radius 1 is 0.381 bits per heavy atom. The van der Waals surface area contributed by atoms with Gasteiger partial charge in [0.25, 0.3) is 0 Å². The monoisotopic (exact) mass is 892 g/mol. The smallest absolute Gasteiger partial charge is 0.305 e. The largest absolute Gasteiger partial charge is 0.466 e. The first-order valence-electron chi connectivity index (χ1n) is 28.8. The molecule has 0 saturated carbocycles. The van der Waals surface area contributed by atoms with Gasteiger partial charge in [-0.25, -0.2) is 0 Å². The second kappa shape index (κ2) is 53.5. The van der Waals surface area contributed by atoms with Crippen LogP contribution >= 0.6 is 0 Å². The third-order valence-electron chi connectivity index (χ3n) is 13.7. The van der Waals surface area contributed by atoms with Gasteiger partial charge in [0.1, 0.15) is 0 Å². The molecule has 0 heterocycles. The Morgan fingerprint density at radius 2 is 0.651 bits per heavy atom. The van der Waals surface area contributed by atoms with Gasteiger partial charge >= 0.3 is 5.97 Å². The van der Waals surface area contributed by atoms with Crippen LogP contribution < -0.4 is 5.32 Å². The lowest BCUT2D eigenvalue weighted by Gasteiger charge is -2.22. The summed E-state index contributed by atoms with van der Waals surface area (Å²) < 4.78 is 5.48. The highest BCUT2D eigenvalue weighted by Crippen LogP contribution is 2.18. The maximum Gasteiger partial charge on any atom is 0.305 e. The molecule has 2 atom stereocenters. The molecule has 0 bridgehead atoms. The van der Waals surface area contributed by atoms with E-state index in [1.54, 1.807) is 0 Å². The maximum atomic E-state index is 12.5. The highest BCUT2D eigenvalue weighted by atomic mass is 16.5. The molecule has 0 aliphatic carbocycles. The molecule has 0 aromatic carbocycles. The Balaban J connectivity index is 3.40. The van der Waals surface area contributed by atoms with Crippen molar-refractivity contribution in [3.05, 3.63) is 0 Å². The fourth-order valence-corrected chi connectivity index (χ4v) is 9.23. The summed E-state index contributed by atoms with van der Waals surface area (Å²) >= 11 is 0. The summed E-state index contributed by atoms with van der Waals surface area (Å²) in [5.74, 6) is -0.0355. The Kier molecular flexibility index (Phi) is 52.5. The van der Waals surface area contributed by atoms with Gasteiger partial charge in [0.05, 0.1) is 25.4 Å². The summed E-state index contributed by atoms with van der Waals surface area (Å²) in [5, 5.41) is 23.3. The topological polar surface area (TPSA) is 95.9 Å². The Hall–Kier alpha value is -1.14. The summed E-state index contributed by atoms with van der Waals surface area (Å²) in [6.07, 6.45) is 60.8. The molecule has 3 N–H and O–H groups in total. The third kappa shape index (κ3) is 50.1. The average Bonchev–Trinajstić information content (AvgIpc) is 3.28. The van der Waals surface area contributed by atoms with E-state index in [2.05, 4.69) is 19.2 Å². The van der Waals surface area contributed by atoms with Crippen LogP contribution in [0.4, 0.5) is 0 Å². The van der Waals surface area contributed by atoms with Gasteiger partial charge in [-0.1, -0.05) is 290 Å². The fraction of sp³-hybridized carbons (Fsp3) is 0.965. The zero-order valence-corrected chi connectivity index (χ0v) is 42.8. The molecule has 1 amide bonds. The first-order chi connectivity index (χ1) is 31.0. The Labute approximate surface area is 394 Å². The van der Waals surface area contributed by atoms with Gasteiger partial charge in [0.2, 0.25) is 5.91 Å². The number of rotatable bonds is 54. The number of hydrogen-bond donors (Lipinski definition) is 3. The van der Waals surface area contributed by atoms with Crippen LogP contribution in [0.25, 0.3) is 0 Å². The van der Waals surface area contributed by atoms with Crippen molar-refractivity contribution < 1.29 is 24.5 Å². The van der Waals surface area contributed by atoms with Crippen LogP contribution in [-0.2, 0) is 14.3 Å². The van der Waals surface area contributed by atoms with Gasteiger partial charge in [-0.15, -0.1) is 0 Å². The molecule has 63 heavy (non-hydrogen) atoms. The predicted octanol–water partition coefficient (Wildman–Crippen LogP) is 17.5. The molecule has 0 fully saturated rings. The van der Waals surface area contributed by atoms with Crippen LogP contribution in [0.15, 0.2) is 0 Å². The minimum Gasteiger partial charge on any atom is -0.466 e. The number of esters is 1. The lowest BCUT2D eigenvalue weighted by molar-refractivity contribution is -0.143. The van der Waals surface area contributed by atoms with Crippen LogP contribution in [-0.4, -0.2) is 47.4 Å². The predicted molar refractivity (Wildman–Crippen MR) is 274 cm³/mol. The van der Waals surface area contributed by atoms with Crippen LogP contribution in [0.5, 0.6) is 0 Å². The van der Waals surface area contributed by atoms with Crippen molar-refractivity contribution in [1.82, 2.24) is 5.32 Å². The quantitative estimate of drug-likeness (QED) is 0.0418. The Morgan fingerprint density at radius 3 is 0.968 bits per heavy atom. The van der Waals surface area contributed by atoms with Gasteiger partial charge in [-0.05, 0) is 25.7 Å². The zero-order chi connectivity index (χ0) is 45.8.